The first-order chi connectivity index (χ1) is 13.7. The van der Waals surface area contributed by atoms with E-state index in [1.165, 1.54) is 0 Å². The minimum atomic E-state index is -0.497. The smallest absolute Gasteiger partial charge is 0.339 e. The minimum Gasteiger partial charge on any atom is -0.452 e. The summed E-state index contributed by atoms with van der Waals surface area (Å²) in [6.07, 6.45) is 0. The summed E-state index contributed by atoms with van der Waals surface area (Å²) in [5.74, 6) is -0.0264. The van der Waals surface area contributed by atoms with Gasteiger partial charge in [0.2, 0.25) is 0 Å². The first kappa shape index (κ1) is 19.7. The molecule has 0 fully saturated rings. The van der Waals surface area contributed by atoms with Crippen molar-refractivity contribution in [1.82, 2.24) is 0 Å². The molecule has 0 atom stereocenters. The van der Waals surface area contributed by atoms with E-state index in [1.54, 1.807) is 23.9 Å². The van der Waals surface area contributed by atoms with Crippen LogP contribution in [0.3, 0.4) is 0 Å². The number of hydrogen-bond acceptors (Lipinski definition) is 4. The van der Waals surface area contributed by atoms with E-state index in [-0.39, 0.29) is 12.5 Å². The molecule has 0 bridgehead atoms. The largest absolute Gasteiger partial charge is 0.452 e. The molecule has 1 N–H and O–H groups in total. The van der Waals surface area contributed by atoms with Gasteiger partial charge in [-0.1, -0.05) is 67.6 Å². The van der Waals surface area contributed by atoms with E-state index >= 15 is 0 Å². The van der Waals surface area contributed by atoms with Gasteiger partial charge in [-0.05, 0) is 29.5 Å². The van der Waals surface area contributed by atoms with E-state index in [9.17, 15) is 9.59 Å². The number of rotatable bonds is 7. The van der Waals surface area contributed by atoms with Crippen molar-refractivity contribution in [3.63, 3.8) is 0 Å². The fraction of sp³-hybridized carbons (Fsp3) is 0.130. The maximum absolute atomic E-state index is 12.4. The summed E-state index contributed by atoms with van der Waals surface area (Å²) >= 11 is 1.57. The second kappa shape index (κ2) is 9.76. The first-order valence-corrected chi connectivity index (χ1v) is 10.0. The molecule has 0 radical (unpaired) electrons. The molecule has 142 valence electrons. The number of ether oxygens (including phenoxy) is 1. The number of esters is 1. The Morgan fingerprint density at radius 1 is 0.893 bits per heavy atom. The number of hydrogen-bond donors (Lipinski definition) is 1. The van der Waals surface area contributed by atoms with Crippen molar-refractivity contribution in [3.05, 3.63) is 84.4 Å². The Balaban J connectivity index is 1.65. The van der Waals surface area contributed by atoms with E-state index in [0.29, 0.717) is 11.3 Å². The van der Waals surface area contributed by atoms with Crippen LogP contribution in [0.2, 0.25) is 0 Å². The van der Waals surface area contributed by atoms with E-state index < -0.39 is 5.97 Å². The van der Waals surface area contributed by atoms with Gasteiger partial charge in [-0.15, -0.1) is 11.8 Å². The van der Waals surface area contributed by atoms with Gasteiger partial charge in [0.15, 0.2) is 6.61 Å². The van der Waals surface area contributed by atoms with Gasteiger partial charge in [0.25, 0.3) is 5.91 Å². The predicted molar refractivity (Wildman–Crippen MR) is 114 cm³/mol. The fourth-order valence-corrected chi connectivity index (χ4v) is 3.57. The van der Waals surface area contributed by atoms with E-state index in [1.807, 2.05) is 73.7 Å². The highest BCUT2D eigenvalue weighted by Crippen LogP contribution is 2.27. The van der Waals surface area contributed by atoms with Crippen LogP contribution < -0.4 is 5.32 Å². The van der Waals surface area contributed by atoms with E-state index in [2.05, 4.69) is 5.32 Å². The zero-order chi connectivity index (χ0) is 19.8. The SMILES string of the molecule is CCSc1ccccc1C(=O)OCC(=O)Nc1ccccc1-c1ccccc1. The van der Waals surface area contributed by atoms with Crippen molar-refractivity contribution in [2.24, 2.45) is 0 Å². The quantitative estimate of drug-likeness (QED) is 0.441. The molecule has 0 spiro atoms. The highest BCUT2D eigenvalue weighted by molar-refractivity contribution is 7.99. The number of nitrogens with one attached hydrogen (secondary N) is 1. The summed E-state index contributed by atoms with van der Waals surface area (Å²) in [4.78, 5) is 25.6. The third-order valence-electron chi connectivity index (χ3n) is 4.03. The van der Waals surface area contributed by atoms with Crippen molar-refractivity contribution in [2.45, 2.75) is 11.8 Å². The van der Waals surface area contributed by atoms with E-state index in [0.717, 1.165) is 21.8 Å². The standard InChI is InChI=1S/C23H21NO3S/c1-2-28-21-15-9-7-13-19(21)23(26)27-16-22(25)24-20-14-8-6-12-18(20)17-10-4-3-5-11-17/h3-15H,2,16H2,1H3,(H,24,25). The fourth-order valence-electron chi connectivity index (χ4n) is 2.77. The molecule has 0 heterocycles. The van der Waals surface area contributed by atoms with Crippen LogP contribution in [-0.2, 0) is 9.53 Å². The van der Waals surface area contributed by atoms with Gasteiger partial charge in [-0.25, -0.2) is 4.79 Å². The Kier molecular flexibility index (Phi) is 6.87. The molecule has 0 aliphatic carbocycles. The second-order valence-electron chi connectivity index (χ2n) is 5.97. The maximum Gasteiger partial charge on any atom is 0.339 e. The molecular formula is C23H21NO3S. The topological polar surface area (TPSA) is 55.4 Å². The van der Waals surface area contributed by atoms with Crippen molar-refractivity contribution in [3.8, 4) is 11.1 Å². The number of carbonyl (C=O) groups is 2. The molecule has 0 saturated carbocycles. The molecule has 3 aromatic rings. The van der Waals surface area contributed by atoms with Crippen molar-refractivity contribution >= 4 is 29.3 Å². The van der Waals surface area contributed by atoms with Gasteiger partial charge in [0.05, 0.1) is 5.56 Å². The van der Waals surface area contributed by atoms with Crippen LogP contribution in [0.25, 0.3) is 11.1 Å². The Morgan fingerprint density at radius 3 is 2.36 bits per heavy atom. The molecule has 3 rings (SSSR count). The number of thioether (sulfide) groups is 1. The second-order valence-corrected chi connectivity index (χ2v) is 7.27. The number of carbonyl (C=O) groups excluding carboxylic acids is 2. The van der Waals surface area contributed by atoms with Gasteiger partial charge in [0.1, 0.15) is 0 Å². The van der Waals surface area contributed by atoms with Crippen molar-refractivity contribution in [1.29, 1.82) is 0 Å². The number of amides is 1. The lowest BCUT2D eigenvalue weighted by molar-refractivity contribution is -0.119. The number of para-hydroxylation sites is 1. The summed E-state index contributed by atoms with van der Waals surface area (Å²) in [6, 6.07) is 24.6. The van der Waals surface area contributed by atoms with Crippen LogP contribution in [0.5, 0.6) is 0 Å². The van der Waals surface area contributed by atoms with Crippen LogP contribution >= 0.6 is 11.8 Å². The van der Waals surface area contributed by atoms with Crippen LogP contribution in [0.15, 0.2) is 83.8 Å². The van der Waals surface area contributed by atoms with Gasteiger partial charge in [-0.3, -0.25) is 4.79 Å². The lowest BCUT2D eigenvalue weighted by Crippen LogP contribution is -2.21. The van der Waals surface area contributed by atoms with Crippen LogP contribution in [0.1, 0.15) is 17.3 Å². The summed E-state index contributed by atoms with van der Waals surface area (Å²) in [7, 11) is 0. The van der Waals surface area contributed by atoms with Gasteiger partial charge >= 0.3 is 5.97 Å². The third kappa shape index (κ3) is 5.02. The van der Waals surface area contributed by atoms with Gasteiger partial charge in [-0.2, -0.15) is 0 Å². The first-order valence-electron chi connectivity index (χ1n) is 9.02. The average Bonchev–Trinajstić information content (AvgIpc) is 2.74. The molecular weight excluding hydrogens is 370 g/mol. The molecule has 5 heteroatoms. The minimum absolute atomic E-state index is 0.340. The Hall–Kier alpha value is -3.05. The summed E-state index contributed by atoms with van der Waals surface area (Å²) < 4.78 is 5.23. The Morgan fingerprint density at radius 2 is 1.57 bits per heavy atom. The van der Waals surface area contributed by atoms with Crippen molar-refractivity contribution in [2.75, 3.05) is 17.7 Å². The highest BCUT2D eigenvalue weighted by Gasteiger charge is 2.15. The predicted octanol–water partition coefficient (Wildman–Crippen LogP) is 5.26. The Bertz CT molecular complexity index is 957. The monoisotopic (exact) mass is 391 g/mol. The average molecular weight is 391 g/mol. The van der Waals surface area contributed by atoms with Crippen LogP contribution in [0.4, 0.5) is 5.69 Å². The molecule has 28 heavy (non-hydrogen) atoms. The van der Waals surface area contributed by atoms with E-state index in [4.69, 9.17) is 4.74 Å². The molecule has 0 saturated heterocycles. The van der Waals surface area contributed by atoms with Crippen LogP contribution in [-0.4, -0.2) is 24.2 Å². The van der Waals surface area contributed by atoms with Gasteiger partial charge < -0.3 is 10.1 Å². The lowest BCUT2D eigenvalue weighted by Gasteiger charge is -2.12. The molecule has 0 aliphatic rings. The zero-order valence-electron chi connectivity index (χ0n) is 15.6. The lowest BCUT2D eigenvalue weighted by atomic mass is 10.0. The summed E-state index contributed by atoms with van der Waals surface area (Å²) in [6.45, 7) is 1.68. The molecule has 1 amide bonds. The van der Waals surface area contributed by atoms with Gasteiger partial charge in [0, 0.05) is 16.1 Å². The normalized spacial score (nSPS) is 10.3. The third-order valence-corrected chi connectivity index (χ3v) is 4.98. The summed E-state index contributed by atoms with van der Waals surface area (Å²) in [5, 5.41) is 2.83. The number of benzene rings is 3. The highest BCUT2D eigenvalue weighted by atomic mass is 32.2. The van der Waals surface area contributed by atoms with Crippen LogP contribution in [0, 0.1) is 0 Å². The summed E-state index contributed by atoms with van der Waals surface area (Å²) in [5.41, 5.74) is 3.07. The molecule has 4 nitrogen and oxygen atoms in total. The Labute approximate surface area is 168 Å². The molecule has 3 aromatic carbocycles. The molecule has 0 aromatic heterocycles. The molecule has 0 aliphatic heterocycles. The maximum atomic E-state index is 12.4. The number of anilines is 1. The zero-order valence-corrected chi connectivity index (χ0v) is 16.4. The van der Waals surface area contributed by atoms with Crippen molar-refractivity contribution < 1.29 is 14.3 Å². The molecule has 0 unspecified atom stereocenters.